The number of aryl methyl sites for hydroxylation is 2. The molecule has 2 saturated heterocycles. The van der Waals surface area contributed by atoms with Crippen LogP contribution in [0.4, 0.5) is 26.3 Å². The van der Waals surface area contributed by atoms with Crippen LogP contribution in [0.3, 0.4) is 0 Å². The molecule has 5 rings (SSSR count). The third-order valence-electron chi connectivity index (χ3n) is 8.86. The molecule has 0 aliphatic carbocycles. The number of likely N-dealkylation sites (tertiary alicyclic amines) is 2. The first-order valence-electron chi connectivity index (χ1n) is 15.1. The highest BCUT2D eigenvalue weighted by Gasteiger charge is 2.56. The second kappa shape index (κ2) is 12.6. The predicted octanol–water partition coefficient (Wildman–Crippen LogP) is 6.96. The molecule has 2 aromatic heterocycles. The molecule has 248 valence electrons. The number of hydrogen-bond donors (Lipinski definition) is 0. The lowest BCUT2D eigenvalue weighted by Crippen LogP contribution is -2.67. The summed E-state index contributed by atoms with van der Waals surface area (Å²) in [5.74, 6) is -0.950. The van der Waals surface area contributed by atoms with Gasteiger partial charge in [0, 0.05) is 49.9 Å². The topological polar surface area (TPSA) is 88.8 Å². The van der Waals surface area contributed by atoms with Crippen LogP contribution in [0.15, 0.2) is 47.2 Å². The maximum Gasteiger partial charge on any atom is 0.417 e. The van der Waals surface area contributed by atoms with Crippen molar-refractivity contribution in [2.45, 2.75) is 82.8 Å². The number of carbonyl (C=O) groups excluding carboxylic acids is 2. The monoisotopic (exact) mass is 652 g/mol. The summed E-state index contributed by atoms with van der Waals surface area (Å²) >= 11 is 0. The van der Waals surface area contributed by atoms with Gasteiger partial charge in [0.15, 0.2) is 0 Å². The summed E-state index contributed by atoms with van der Waals surface area (Å²) in [4.78, 5) is 35.2. The van der Waals surface area contributed by atoms with Gasteiger partial charge in [0.2, 0.25) is 5.60 Å². The summed E-state index contributed by atoms with van der Waals surface area (Å²) < 4.78 is 93.6. The molecule has 1 unspecified atom stereocenters. The van der Waals surface area contributed by atoms with Crippen molar-refractivity contribution in [3.63, 3.8) is 0 Å². The van der Waals surface area contributed by atoms with Crippen molar-refractivity contribution in [3.8, 4) is 5.75 Å². The zero-order valence-corrected chi connectivity index (χ0v) is 25.5. The Hall–Kier alpha value is -4.10. The van der Waals surface area contributed by atoms with Gasteiger partial charge in [0.25, 0.3) is 11.8 Å². The average Bonchev–Trinajstić information content (AvgIpc) is 3.62. The van der Waals surface area contributed by atoms with E-state index in [0.717, 1.165) is 48.3 Å². The molecule has 2 amide bonds. The van der Waals surface area contributed by atoms with Gasteiger partial charge >= 0.3 is 12.4 Å². The first-order valence-corrected chi connectivity index (χ1v) is 15.1. The average molecular weight is 653 g/mol. The van der Waals surface area contributed by atoms with E-state index < -0.39 is 52.5 Å². The van der Waals surface area contributed by atoms with Crippen LogP contribution in [0.5, 0.6) is 5.75 Å². The van der Waals surface area contributed by atoms with E-state index in [1.807, 2.05) is 0 Å². The first-order chi connectivity index (χ1) is 21.7. The lowest BCUT2D eigenvalue weighted by atomic mass is 9.79. The van der Waals surface area contributed by atoms with Crippen molar-refractivity contribution in [2.75, 3.05) is 19.6 Å². The van der Waals surface area contributed by atoms with Crippen molar-refractivity contribution in [3.05, 3.63) is 76.4 Å². The minimum Gasteiger partial charge on any atom is -0.475 e. The highest BCUT2D eigenvalue weighted by Crippen LogP contribution is 2.42. The Balaban J connectivity index is 1.56. The van der Waals surface area contributed by atoms with Gasteiger partial charge in [-0.2, -0.15) is 26.3 Å². The lowest BCUT2D eigenvalue weighted by Gasteiger charge is -2.49. The zero-order chi connectivity index (χ0) is 33.4. The molecule has 2 fully saturated rings. The van der Waals surface area contributed by atoms with Gasteiger partial charge < -0.3 is 19.1 Å². The normalized spacial score (nSPS) is 22.3. The third-order valence-corrected chi connectivity index (χ3v) is 8.86. The molecule has 4 heterocycles. The van der Waals surface area contributed by atoms with Gasteiger partial charge in [-0.25, -0.2) is 0 Å². The number of aromatic nitrogens is 2. The smallest absolute Gasteiger partial charge is 0.417 e. The third kappa shape index (κ3) is 6.30. The molecule has 3 aromatic rings. The molecule has 0 N–H and O–H groups in total. The molecule has 1 aromatic carbocycles. The van der Waals surface area contributed by atoms with Crippen molar-refractivity contribution in [1.29, 1.82) is 0 Å². The van der Waals surface area contributed by atoms with E-state index in [9.17, 15) is 35.9 Å². The largest absolute Gasteiger partial charge is 0.475 e. The van der Waals surface area contributed by atoms with E-state index in [2.05, 4.69) is 10.1 Å². The number of benzene rings is 1. The lowest BCUT2D eigenvalue weighted by molar-refractivity contribution is -0.158. The second-order valence-corrected chi connectivity index (χ2v) is 11.8. The maximum atomic E-state index is 14.7. The Morgan fingerprint density at radius 2 is 1.76 bits per heavy atom. The van der Waals surface area contributed by atoms with Crippen LogP contribution >= 0.6 is 0 Å². The van der Waals surface area contributed by atoms with Gasteiger partial charge in [0.1, 0.15) is 11.5 Å². The first kappa shape index (κ1) is 33.3. The molecule has 2 aliphatic heterocycles. The van der Waals surface area contributed by atoms with E-state index in [4.69, 9.17) is 9.26 Å². The number of alkyl halides is 6. The fourth-order valence-electron chi connectivity index (χ4n) is 6.81. The fraction of sp³-hybridized carbons (Fsp3) is 0.500. The molecule has 0 saturated carbocycles. The maximum absolute atomic E-state index is 14.7. The number of carbonyl (C=O) groups is 2. The van der Waals surface area contributed by atoms with Crippen LogP contribution in [-0.4, -0.2) is 63.0 Å². The quantitative estimate of drug-likeness (QED) is 0.257. The molecular weight excluding hydrogens is 618 g/mol. The number of rotatable bonds is 7. The number of piperidine rings is 1. The zero-order valence-electron chi connectivity index (χ0n) is 25.5. The minimum atomic E-state index is -4.84. The molecule has 2 aliphatic rings. The fourth-order valence-corrected chi connectivity index (χ4v) is 6.81. The number of hydrogen-bond acceptors (Lipinski definition) is 6. The summed E-state index contributed by atoms with van der Waals surface area (Å²) in [7, 11) is 0. The predicted molar refractivity (Wildman–Crippen MR) is 153 cm³/mol. The van der Waals surface area contributed by atoms with Crippen LogP contribution < -0.4 is 4.74 Å². The molecular formula is C32H34F6N4O4. The van der Waals surface area contributed by atoms with E-state index in [1.165, 1.54) is 4.90 Å². The Labute approximate surface area is 261 Å². The van der Waals surface area contributed by atoms with Gasteiger partial charge in [-0.3, -0.25) is 14.6 Å². The number of pyridine rings is 1. The van der Waals surface area contributed by atoms with Crippen molar-refractivity contribution >= 4 is 11.8 Å². The van der Waals surface area contributed by atoms with Gasteiger partial charge in [0.05, 0.1) is 28.4 Å². The standard InChI is InChI=1S/C32H34F6N4O4/c1-4-6-26-30(45-23-9-7-22(8-10-23)31(33,34)35,29(44)41-16-12-21(18-41)27-19(2)40-46-20(27)3)13-5-15-42(26)28(43)24-17-39-14-11-25(24)32(36,37)38/h7-11,14,17,21,26H,4-6,12-13,15-16,18H2,1-3H3/t21?,26-,30+/m1/s1. The molecule has 0 spiro atoms. The molecule has 3 atom stereocenters. The van der Waals surface area contributed by atoms with E-state index >= 15 is 0 Å². The molecule has 8 nitrogen and oxygen atoms in total. The number of amides is 2. The van der Waals surface area contributed by atoms with Crippen LogP contribution in [0.25, 0.3) is 0 Å². The van der Waals surface area contributed by atoms with Crippen molar-refractivity contribution in [1.82, 2.24) is 19.9 Å². The van der Waals surface area contributed by atoms with Crippen molar-refractivity contribution < 1.29 is 45.2 Å². The Bertz CT molecular complexity index is 1550. The summed E-state index contributed by atoms with van der Waals surface area (Å²) in [6, 6.07) is 3.59. The van der Waals surface area contributed by atoms with E-state index in [0.29, 0.717) is 30.8 Å². The Kier molecular flexibility index (Phi) is 9.11. The summed E-state index contributed by atoms with van der Waals surface area (Å²) in [5.41, 5.74) is -2.94. The Morgan fingerprint density at radius 3 is 2.37 bits per heavy atom. The summed E-state index contributed by atoms with van der Waals surface area (Å²) in [5, 5.41) is 4.02. The molecule has 0 bridgehead atoms. The highest BCUT2D eigenvalue weighted by molar-refractivity contribution is 5.97. The van der Waals surface area contributed by atoms with Crippen LogP contribution in [0, 0.1) is 13.8 Å². The number of nitrogens with zero attached hydrogens (tertiary/aromatic N) is 4. The molecule has 0 radical (unpaired) electrons. The molecule has 46 heavy (non-hydrogen) atoms. The van der Waals surface area contributed by atoms with Gasteiger partial charge in [-0.05, 0) is 63.4 Å². The second-order valence-electron chi connectivity index (χ2n) is 11.8. The van der Waals surface area contributed by atoms with Crippen LogP contribution in [-0.2, 0) is 17.1 Å². The van der Waals surface area contributed by atoms with Crippen LogP contribution in [0.2, 0.25) is 0 Å². The number of ether oxygens (including phenoxy) is 1. The number of halogens is 6. The van der Waals surface area contributed by atoms with E-state index in [1.54, 1.807) is 25.7 Å². The Morgan fingerprint density at radius 1 is 1.04 bits per heavy atom. The van der Waals surface area contributed by atoms with Crippen molar-refractivity contribution in [2.24, 2.45) is 0 Å². The van der Waals surface area contributed by atoms with E-state index in [-0.39, 0.29) is 44.0 Å². The highest BCUT2D eigenvalue weighted by atomic mass is 19.4. The summed E-state index contributed by atoms with van der Waals surface area (Å²) in [6.07, 6.45) is -6.16. The minimum absolute atomic E-state index is 0.0319. The molecule has 14 heteroatoms. The van der Waals surface area contributed by atoms with Gasteiger partial charge in [-0.15, -0.1) is 0 Å². The van der Waals surface area contributed by atoms with Gasteiger partial charge in [-0.1, -0.05) is 18.5 Å². The van der Waals surface area contributed by atoms with Crippen LogP contribution in [0.1, 0.15) is 83.4 Å². The SMILES string of the molecule is CCC[C@H]1N(C(=O)c2cnccc2C(F)(F)F)CCC[C@@]1(Oc1ccc(C(F)(F)F)cc1)C(=O)N1CCC(c2c(C)noc2C)C1. The summed E-state index contributed by atoms with van der Waals surface area (Å²) in [6.45, 7) is 6.03.